The fraction of sp³-hybridized carbons (Fsp3) is 0.385. The number of pyridine rings is 1. The van der Waals surface area contributed by atoms with Gasteiger partial charge in [0.1, 0.15) is 5.60 Å². The van der Waals surface area contributed by atoms with E-state index in [4.69, 9.17) is 16.2 Å². The molecule has 6 nitrogen and oxygen atoms in total. The number of hydrogen-bond donors (Lipinski definition) is 3. The standard InChI is InChI=1S/C13H18N4O2/c1-13(2,3)19-12(18)17-6-4-5-9-7-16-8-10(14)11(9)15/h7-8H,6,14H2,1-3H3,(H2,15,16)(H,17,18). The molecule has 0 fully saturated rings. The van der Waals surface area contributed by atoms with Gasteiger partial charge in [-0.05, 0) is 20.8 Å². The van der Waals surface area contributed by atoms with Gasteiger partial charge in [0.15, 0.2) is 0 Å². The maximum absolute atomic E-state index is 11.3. The summed E-state index contributed by atoms with van der Waals surface area (Å²) in [5.41, 5.74) is 12.1. The first-order valence-electron chi connectivity index (χ1n) is 5.74. The quantitative estimate of drug-likeness (QED) is 0.658. The van der Waals surface area contributed by atoms with Crippen molar-refractivity contribution in [3.63, 3.8) is 0 Å². The highest BCUT2D eigenvalue weighted by Crippen LogP contribution is 2.15. The monoisotopic (exact) mass is 262 g/mol. The van der Waals surface area contributed by atoms with E-state index in [0.717, 1.165) is 0 Å². The SMILES string of the molecule is CC(C)(C)OC(=O)NCC#Cc1cncc(N)c1N. The summed E-state index contributed by atoms with van der Waals surface area (Å²) in [6.45, 7) is 5.52. The molecule has 0 bridgehead atoms. The van der Waals surface area contributed by atoms with Crippen molar-refractivity contribution in [2.75, 3.05) is 18.0 Å². The van der Waals surface area contributed by atoms with E-state index in [1.165, 1.54) is 12.4 Å². The molecule has 0 aromatic carbocycles. The number of nitrogens with one attached hydrogen (secondary N) is 1. The number of rotatable bonds is 1. The average Bonchev–Trinajstić information content (AvgIpc) is 2.27. The van der Waals surface area contributed by atoms with Gasteiger partial charge >= 0.3 is 6.09 Å². The van der Waals surface area contributed by atoms with E-state index in [-0.39, 0.29) is 6.54 Å². The zero-order valence-electron chi connectivity index (χ0n) is 11.3. The molecule has 6 heteroatoms. The Labute approximate surface area is 112 Å². The van der Waals surface area contributed by atoms with Crippen molar-refractivity contribution in [2.45, 2.75) is 26.4 Å². The summed E-state index contributed by atoms with van der Waals surface area (Å²) in [4.78, 5) is 15.2. The van der Waals surface area contributed by atoms with E-state index >= 15 is 0 Å². The van der Waals surface area contributed by atoms with Crippen molar-refractivity contribution >= 4 is 17.5 Å². The predicted molar refractivity (Wildman–Crippen MR) is 74.2 cm³/mol. The first-order chi connectivity index (χ1) is 8.79. The lowest BCUT2D eigenvalue weighted by Crippen LogP contribution is -2.32. The molecule has 0 radical (unpaired) electrons. The smallest absolute Gasteiger partial charge is 0.408 e. The molecule has 0 unspecified atom stereocenters. The number of alkyl carbamates (subject to hydrolysis) is 1. The van der Waals surface area contributed by atoms with Crippen LogP contribution in [0.3, 0.4) is 0 Å². The third-order valence-corrected chi connectivity index (χ3v) is 1.96. The first kappa shape index (κ1) is 14.6. The number of nitrogens with two attached hydrogens (primary N) is 2. The Morgan fingerprint density at radius 2 is 2.11 bits per heavy atom. The normalized spacial score (nSPS) is 10.3. The Kier molecular flexibility index (Phi) is 4.59. The zero-order chi connectivity index (χ0) is 14.5. The first-order valence-corrected chi connectivity index (χ1v) is 5.74. The van der Waals surface area contributed by atoms with E-state index in [0.29, 0.717) is 16.9 Å². The Hall–Kier alpha value is -2.42. The van der Waals surface area contributed by atoms with Crippen LogP contribution >= 0.6 is 0 Å². The summed E-state index contributed by atoms with van der Waals surface area (Å²) in [6, 6.07) is 0. The number of nitrogens with zero attached hydrogens (tertiary/aromatic N) is 1. The van der Waals surface area contributed by atoms with Crippen molar-refractivity contribution in [2.24, 2.45) is 0 Å². The topological polar surface area (TPSA) is 103 Å². The maximum atomic E-state index is 11.3. The van der Waals surface area contributed by atoms with Gasteiger partial charge in [-0.25, -0.2) is 4.79 Å². The maximum Gasteiger partial charge on any atom is 0.408 e. The third-order valence-electron chi connectivity index (χ3n) is 1.96. The highest BCUT2D eigenvalue weighted by atomic mass is 16.6. The van der Waals surface area contributed by atoms with Crippen LogP contribution in [0.25, 0.3) is 0 Å². The van der Waals surface area contributed by atoms with Crippen molar-refractivity contribution in [1.29, 1.82) is 0 Å². The zero-order valence-corrected chi connectivity index (χ0v) is 11.3. The minimum absolute atomic E-state index is 0.156. The highest BCUT2D eigenvalue weighted by molar-refractivity contribution is 5.70. The molecule has 0 saturated heterocycles. The number of hydrogen-bond acceptors (Lipinski definition) is 5. The van der Waals surface area contributed by atoms with Gasteiger partial charge in [0, 0.05) is 6.20 Å². The van der Waals surface area contributed by atoms with Gasteiger partial charge in [-0.3, -0.25) is 4.98 Å². The minimum Gasteiger partial charge on any atom is -0.444 e. The van der Waals surface area contributed by atoms with Gasteiger partial charge in [-0.1, -0.05) is 11.8 Å². The second kappa shape index (κ2) is 5.96. The number of amides is 1. The second-order valence-corrected chi connectivity index (χ2v) is 4.85. The molecule has 1 aromatic heterocycles. The molecule has 1 rings (SSSR count). The van der Waals surface area contributed by atoms with E-state index in [2.05, 4.69) is 22.1 Å². The molecule has 0 aliphatic heterocycles. The van der Waals surface area contributed by atoms with Gasteiger partial charge in [0.25, 0.3) is 0 Å². The third kappa shape index (κ3) is 5.17. The van der Waals surface area contributed by atoms with Gasteiger partial charge in [-0.15, -0.1) is 0 Å². The minimum atomic E-state index is -0.528. The summed E-state index contributed by atoms with van der Waals surface area (Å²) in [7, 11) is 0. The Balaban J connectivity index is 2.53. The predicted octanol–water partition coefficient (Wildman–Crippen LogP) is 1.12. The highest BCUT2D eigenvalue weighted by Gasteiger charge is 2.14. The molecule has 1 heterocycles. The molecule has 0 atom stereocenters. The van der Waals surface area contributed by atoms with E-state index < -0.39 is 11.7 Å². The van der Waals surface area contributed by atoms with Gasteiger partial charge < -0.3 is 21.5 Å². The van der Waals surface area contributed by atoms with Crippen LogP contribution in [0, 0.1) is 11.8 Å². The van der Waals surface area contributed by atoms with Crippen LogP contribution in [0.2, 0.25) is 0 Å². The lowest BCUT2D eigenvalue weighted by molar-refractivity contribution is 0.0535. The van der Waals surface area contributed by atoms with Crippen molar-refractivity contribution in [3.8, 4) is 11.8 Å². The van der Waals surface area contributed by atoms with Gasteiger partial charge in [-0.2, -0.15) is 0 Å². The number of aromatic nitrogens is 1. The summed E-state index contributed by atoms with van der Waals surface area (Å²) >= 11 is 0. The number of nitrogen functional groups attached to an aromatic ring is 2. The lowest BCUT2D eigenvalue weighted by Gasteiger charge is -2.19. The summed E-state index contributed by atoms with van der Waals surface area (Å²) in [5, 5.41) is 2.52. The van der Waals surface area contributed by atoms with Crippen LogP contribution in [0.4, 0.5) is 16.2 Å². The second-order valence-electron chi connectivity index (χ2n) is 4.85. The molecule has 1 aromatic rings. The summed E-state index contributed by atoms with van der Waals surface area (Å²) in [6.07, 6.45) is 2.46. The fourth-order valence-electron chi connectivity index (χ4n) is 1.16. The molecular weight excluding hydrogens is 244 g/mol. The Morgan fingerprint density at radius 1 is 1.42 bits per heavy atom. The fourth-order valence-corrected chi connectivity index (χ4v) is 1.16. The largest absolute Gasteiger partial charge is 0.444 e. The molecule has 0 spiro atoms. The van der Waals surface area contributed by atoms with Crippen molar-refractivity contribution in [1.82, 2.24) is 10.3 Å². The molecule has 0 saturated carbocycles. The molecule has 0 aliphatic carbocycles. The van der Waals surface area contributed by atoms with Crippen LogP contribution in [0.1, 0.15) is 26.3 Å². The van der Waals surface area contributed by atoms with E-state index in [1.807, 2.05) is 0 Å². The lowest BCUT2D eigenvalue weighted by atomic mass is 10.2. The molecule has 1 amide bonds. The van der Waals surface area contributed by atoms with E-state index in [1.54, 1.807) is 20.8 Å². The van der Waals surface area contributed by atoms with Gasteiger partial charge in [0.05, 0.1) is 29.7 Å². The van der Waals surface area contributed by atoms with Crippen molar-refractivity contribution < 1.29 is 9.53 Å². The Morgan fingerprint density at radius 3 is 2.74 bits per heavy atom. The summed E-state index contributed by atoms with van der Waals surface area (Å²) < 4.78 is 5.06. The average molecular weight is 262 g/mol. The van der Waals surface area contributed by atoms with Crippen LogP contribution in [-0.2, 0) is 4.74 Å². The molecule has 102 valence electrons. The van der Waals surface area contributed by atoms with Crippen LogP contribution < -0.4 is 16.8 Å². The number of anilines is 2. The van der Waals surface area contributed by atoms with Crippen molar-refractivity contribution in [3.05, 3.63) is 18.0 Å². The van der Waals surface area contributed by atoms with Crippen LogP contribution in [-0.4, -0.2) is 23.2 Å². The Bertz CT molecular complexity index is 524. The molecular formula is C13H18N4O2. The van der Waals surface area contributed by atoms with Crippen LogP contribution in [0.5, 0.6) is 0 Å². The number of ether oxygens (including phenoxy) is 1. The van der Waals surface area contributed by atoms with Gasteiger partial charge in [0.2, 0.25) is 0 Å². The number of carbonyl (C=O) groups is 1. The molecule has 0 aliphatic rings. The molecule has 5 N–H and O–H groups in total. The van der Waals surface area contributed by atoms with Crippen LogP contribution in [0.15, 0.2) is 12.4 Å². The molecule has 19 heavy (non-hydrogen) atoms. The summed E-state index contributed by atoms with van der Waals surface area (Å²) in [5.74, 6) is 5.53. The van der Waals surface area contributed by atoms with E-state index in [9.17, 15) is 4.79 Å². The number of carbonyl (C=O) groups excluding carboxylic acids is 1.